The molecule has 0 saturated carbocycles. The Morgan fingerprint density at radius 3 is 2.67 bits per heavy atom. The lowest BCUT2D eigenvalue weighted by Gasteiger charge is -2.10. The Balaban J connectivity index is 2.35. The quantitative estimate of drug-likeness (QED) is 0.541. The largest absolute Gasteiger partial charge is 0.307 e. The number of hydrogen-bond acceptors (Lipinski definition) is 6. The van der Waals surface area contributed by atoms with E-state index in [0.29, 0.717) is 10.2 Å². The van der Waals surface area contributed by atoms with Gasteiger partial charge in [0.1, 0.15) is 4.90 Å². The predicted molar refractivity (Wildman–Crippen MR) is 83.2 cm³/mol. The molecule has 10 heteroatoms. The molecule has 0 aliphatic carbocycles. The van der Waals surface area contributed by atoms with Gasteiger partial charge in [0.25, 0.3) is 10.0 Å². The molecule has 0 unspecified atom stereocenters. The Kier molecular flexibility index (Phi) is 4.49. The summed E-state index contributed by atoms with van der Waals surface area (Å²) in [6, 6.07) is 1.55. The van der Waals surface area contributed by atoms with Crippen molar-refractivity contribution in [2.75, 3.05) is 10.1 Å². The summed E-state index contributed by atoms with van der Waals surface area (Å²) in [6.07, 6.45) is 4.51. The first kappa shape index (κ1) is 15.7. The van der Waals surface area contributed by atoms with Crippen LogP contribution in [0.5, 0.6) is 0 Å². The fourth-order valence-electron chi connectivity index (χ4n) is 1.62. The van der Waals surface area contributed by atoms with Crippen molar-refractivity contribution in [3.63, 3.8) is 0 Å². The zero-order chi connectivity index (χ0) is 15.6. The lowest BCUT2D eigenvalue weighted by Crippen LogP contribution is -2.18. The van der Waals surface area contributed by atoms with E-state index < -0.39 is 10.0 Å². The van der Waals surface area contributed by atoms with Crippen LogP contribution in [0.25, 0.3) is 0 Å². The molecule has 114 valence electrons. The van der Waals surface area contributed by atoms with Gasteiger partial charge in [-0.25, -0.2) is 19.2 Å². The molecule has 0 aliphatic rings. The van der Waals surface area contributed by atoms with Gasteiger partial charge >= 0.3 is 0 Å². The van der Waals surface area contributed by atoms with Gasteiger partial charge in [0, 0.05) is 22.9 Å². The zero-order valence-electron chi connectivity index (χ0n) is 11.4. The zero-order valence-corrected chi connectivity index (χ0v) is 13.8. The van der Waals surface area contributed by atoms with Crippen molar-refractivity contribution >= 4 is 37.5 Å². The van der Waals surface area contributed by atoms with Crippen LogP contribution in [-0.2, 0) is 10.0 Å². The van der Waals surface area contributed by atoms with E-state index in [2.05, 4.69) is 36.2 Å². The number of hydrogen-bond donors (Lipinski definition) is 3. The average Bonchev–Trinajstić information content (AvgIpc) is 2.86. The molecular weight excluding hydrogens is 360 g/mol. The van der Waals surface area contributed by atoms with Crippen molar-refractivity contribution < 1.29 is 8.42 Å². The third-order valence-corrected chi connectivity index (χ3v) is 4.46. The molecule has 2 rings (SSSR count). The van der Waals surface area contributed by atoms with E-state index in [-0.39, 0.29) is 16.8 Å². The monoisotopic (exact) mass is 374 g/mol. The lowest BCUT2D eigenvalue weighted by atomic mass is 10.4. The SMILES string of the molecule is CC(C)n1cc(NS(=O)(=O)c2cc(Br)cnc2NN)cn1. The highest BCUT2D eigenvalue weighted by Gasteiger charge is 2.21. The van der Waals surface area contributed by atoms with E-state index in [1.54, 1.807) is 10.9 Å². The van der Waals surface area contributed by atoms with E-state index in [1.807, 2.05) is 13.8 Å². The van der Waals surface area contributed by atoms with Gasteiger partial charge in [0.2, 0.25) is 0 Å². The third kappa shape index (κ3) is 3.52. The van der Waals surface area contributed by atoms with Crippen LogP contribution >= 0.6 is 15.9 Å². The topological polar surface area (TPSA) is 115 Å². The minimum Gasteiger partial charge on any atom is -0.307 e. The molecule has 2 aromatic heterocycles. The van der Waals surface area contributed by atoms with Crippen LogP contribution in [0.2, 0.25) is 0 Å². The number of rotatable bonds is 5. The number of nitrogens with zero attached hydrogens (tertiary/aromatic N) is 3. The standard InChI is InChI=1S/C11H15BrN6O2S/c1-7(2)18-6-9(5-15-18)17-21(19,20)10-3-8(12)4-14-11(10)16-13/h3-7,17H,13H2,1-2H3,(H,14,16). The number of pyridine rings is 1. The van der Waals surface area contributed by atoms with E-state index in [4.69, 9.17) is 5.84 Å². The van der Waals surface area contributed by atoms with Crippen LogP contribution in [0.4, 0.5) is 11.5 Å². The van der Waals surface area contributed by atoms with Gasteiger partial charge < -0.3 is 5.43 Å². The lowest BCUT2D eigenvalue weighted by molar-refractivity contribution is 0.532. The maximum absolute atomic E-state index is 12.4. The van der Waals surface area contributed by atoms with Gasteiger partial charge in [-0.05, 0) is 35.8 Å². The Labute approximate surface area is 130 Å². The molecule has 8 nitrogen and oxygen atoms in total. The van der Waals surface area contributed by atoms with Crippen molar-refractivity contribution in [3.05, 3.63) is 29.1 Å². The molecule has 0 amide bonds. The molecule has 2 aromatic rings. The Hall–Kier alpha value is -1.65. The summed E-state index contributed by atoms with van der Waals surface area (Å²) in [5.41, 5.74) is 2.63. The van der Waals surface area contributed by atoms with Crippen molar-refractivity contribution in [2.45, 2.75) is 24.8 Å². The van der Waals surface area contributed by atoms with Gasteiger partial charge in [0.05, 0.1) is 11.9 Å². The first-order chi connectivity index (χ1) is 9.83. The van der Waals surface area contributed by atoms with Gasteiger partial charge in [-0.15, -0.1) is 0 Å². The molecule has 0 saturated heterocycles. The van der Waals surface area contributed by atoms with E-state index in [0.717, 1.165) is 0 Å². The number of anilines is 2. The molecular formula is C11H15BrN6O2S. The molecule has 0 spiro atoms. The molecule has 0 bridgehead atoms. The summed E-state index contributed by atoms with van der Waals surface area (Å²) in [4.78, 5) is 3.86. The van der Waals surface area contributed by atoms with Crippen LogP contribution in [0.15, 0.2) is 34.0 Å². The normalized spacial score (nSPS) is 11.7. The number of halogens is 1. The molecule has 0 aromatic carbocycles. The number of nitrogen functional groups attached to an aromatic ring is 1. The number of aromatic nitrogens is 3. The Morgan fingerprint density at radius 2 is 2.10 bits per heavy atom. The molecule has 21 heavy (non-hydrogen) atoms. The minimum atomic E-state index is -3.83. The highest BCUT2D eigenvalue weighted by atomic mass is 79.9. The van der Waals surface area contributed by atoms with Crippen LogP contribution in [-0.4, -0.2) is 23.2 Å². The molecule has 4 N–H and O–H groups in total. The first-order valence-corrected chi connectivity index (χ1v) is 8.30. The Bertz CT molecular complexity index is 743. The minimum absolute atomic E-state index is 0.0574. The first-order valence-electron chi connectivity index (χ1n) is 6.02. The van der Waals surface area contributed by atoms with Crippen molar-refractivity contribution in [3.8, 4) is 0 Å². The number of nitrogens with one attached hydrogen (secondary N) is 2. The van der Waals surface area contributed by atoms with Gasteiger partial charge in [-0.2, -0.15) is 5.10 Å². The highest BCUT2D eigenvalue weighted by Crippen LogP contribution is 2.24. The smallest absolute Gasteiger partial charge is 0.265 e. The van der Waals surface area contributed by atoms with Gasteiger partial charge in [-0.3, -0.25) is 9.40 Å². The van der Waals surface area contributed by atoms with Crippen LogP contribution in [0.1, 0.15) is 19.9 Å². The summed E-state index contributed by atoms with van der Waals surface area (Å²) in [5, 5.41) is 4.08. The van der Waals surface area contributed by atoms with Crippen LogP contribution in [0.3, 0.4) is 0 Å². The van der Waals surface area contributed by atoms with E-state index in [1.165, 1.54) is 18.5 Å². The molecule has 0 fully saturated rings. The number of sulfonamides is 1. The van der Waals surface area contributed by atoms with Crippen LogP contribution < -0.4 is 16.0 Å². The summed E-state index contributed by atoms with van der Waals surface area (Å²) in [5.74, 6) is 5.36. The summed E-state index contributed by atoms with van der Waals surface area (Å²) < 4.78 is 29.4. The van der Waals surface area contributed by atoms with Crippen molar-refractivity contribution in [1.29, 1.82) is 0 Å². The molecule has 0 atom stereocenters. The highest BCUT2D eigenvalue weighted by molar-refractivity contribution is 9.10. The maximum atomic E-state index is 12.4. The summed E-state index contributed by atoms with van der Waals surface area (Å²) in [7, 11) is -3.83. The van der Waals surface area contributed by atoms with Crippen molar-refractivity contribution in [2.24, 2.45) is 5.84 Å². The maximum Gasteiger partial charge on any atom is 0.265 e. The summed E-state index contributed by atoms with van der Waals surface area (Å²) in [6.45, 7) is 3.89. The van der Waals surface area contributed by atoms with Gasteiger partial charge in [-0.1, -0.05) is 0 Å². The van der Waals surface area contributed by atoms with Crippen LogP contribution in [0, 0.1) is 0 Å². The number of hydrazine groups is 1. The van der Waals surface area contributed by atoms with Crippen molar-refractivity contribution in [1.82, 2.24) is 14.8 Å². The third-order valence-electron chi connectivity index (χ3n) is 2.63. The second-order valence-electron chi connectivity index (χ2n) is 4.55. The van der Waals surface area contributed by atoms with Gasteiger partial charge in [0.15, 0.2) is 5.82 Å². The fraction of sp³-hybridized carbons (Fsp3) is 0.273. The average molecular weight is 375 g/mol. The predicted octanol–water partition coefficient (Wildman–Crippen LogP) is 1.71. The Morgan fingerprint density at radius 1 is 1.38 bits per heavy atom. The number of nitrogens with two attached hydrogens (primary N) is 1. The molecule has 0 aliphatic heterocycles. The molecule has 0 radical (unpaired) electrons. The van der Waals surface area contributed by atoms with E-state index in [9.17, 15) is 8.42 Å². The fourth-order valence-corrected chi connectivity index (χ4v) is 3.27. The van der Waals surface area contributed by atoms with E-state index >= 15 is 0 Å². The summed E-state index contributed by atoms with van der Waals surface area (Å²) >= 11 is 3.19. The molecule has 2 heterocycles. The second kappa shape index (κ2) is 6.00. The second-order valence-corrected chi connectivity index (χ2v) is 7.12.